The Labute approximate surface area is 139 Å². The molecule has 0 fully saturated rings. The third-order valence-electron chi connectivity index (χ3n) is 3.09. The zero-order chi connectivity index (χ0) is 16.3. The highest BCUT2D eigenvalue weighted by atomic mass is 32.2. The molecule has 0 saturated carbocycles. The number of ether oxygens (including phenoxy) is 1. The van der Waals surface area contributed by atoms with Gasteiger partial charge in [0, 0.05) is 45.1 Å². The van der Waals surface area contributed by atoms with Crippen LogP contribution in [0.2, 0.25) is 0 Å². The fourth-order valence-corrected chi connectivity index (χ4v) is 2.69. The minimum Gasteiger partial charge on any atom is -0.385 e. The van der Waals surface area contributed by atoms with Crippen LogP contribution in [0, 0.1) is 0 Å². The van der Waals surface area contributed by atoms with Crippen LogP contribution in [0.5, 0.6) is 0 Å². The van der Waals surface area contributed by atoms with Crippen LogP contribution in [0.4, 0.5) is 0 Å². The fourth-order valence-electron chi connectivity index (χ4n) is 1.92. The number of rotatable bonds is 10. The van der Waals surface area contributed by atoms with Crippen LogP contribution < -0.4 is 5.32 Å². The number of thioether (sulfide) groups is 1. The summed E-state index contributed by atoms with van der Waals surface area (Å²) < 4.78 is 6.88. The van der Waals surface area contributed by atoms with Gasteiger partial charge >= 0.3 is 0 Å². The average molecular weight is 335 g/mol. The minimum atomic E-state index is -0.00891. The molecule has 0 spiro atoms. The van der Waals surface area contributed by atoms with Crippen molar-refractivity contribution in [1.82, 2.24) is 25.1 Å². The van der Waals surface area contributed by atoms with Crippen molar-refractivity contribution in [2.75, 3.05) is 26.0 Å². The first kappa shape index (κ1) is 17.4. The number of nitrogens with one attached hydrogen (secondary N) is 1. The number of hydrogen-bond donors (Lipinski definition) is 1. The van der Waals surface area contributed by atoms with E-state index in [1.54, 1.807) is 19.6 Å². The van der Waals surface area contributed by atoms with Crippen molar-refractivity contribution in [3.05, 3.63) is 36.4 Å². The summed E-state index contributed by atoms with van der Waals surface area (Å²) in [6, 6.07) is 5.86. The second kappa shape index (κ2) is 9.96. The van der Waals surface area contributed by atoms with Crippen LogP contribution in [0.1, 0.15) is 12.1 Å². The number of carbonyl (C=O) groups excluding carboxylic acids is 1. The van der Waals surface area contributed by atoms with Crippen molar-refractivity contribution < 1.29 is 9.53 Å². The third-order valence-corrected chi connectivity index (χ3v) is 4.08. The molecule has 0 aliphatic rings. The van der Waals surface area contributed by atoms with Gasteiger partial charge in [0.25, 0.3) is 0 Å². The summed E-state index contributed by atoms with van der Waals surface area (Å²) in [6.45, 7) is 2.01. The molecule has 0 atom stereocenters. The normalized spacial score (nSPS) is 10.7. The molecule has 7 nitrogen and oxygen atoms in total. The molecule has 0 bridgehead atoms. The average Bonchev–Trinajstić information content (AvgIpc) is 3.03. The van der Waals surface area contributed by atoms with E-state index in [-0.39, 0.29) is 5.91 Å². The van der Waals surface area contributed by atoms with E-state index in [1.165, 1.54) is 11.8 Å². The lowest BCUT2D eigenvalue weighted by Crippen LogP contribution is -2.27. The van der Waals surface area contributed by atoms with Crippen LogP contribution in [-0.2, 0) is 22.5 Å². The lowest BCUT2D eigenvalue weighted by Gasteiger charge is -2.07. The van der Waals surface area contributed by atoms with Gasteiger partial charge in [-0.2, -0.15) is 0 Å². The molecule has 8 heteroatoms. The van der Waals surface area contributed by atoms with Crippen LogP contribution in [-0.4, -0.2) is 51.7 Å². The number of aromatic nitrogens is 4. The van der Waals surface area contributed by atoms with Crippen molar-refractivity contribution in [2.24, 2.45) is 0 Å². The maximum absolute atomic E-state index is 11.8. The predicted octanol–water partition coefficient (Wildman–Crippen LogP) is 1.16. The number of aryl methyl sites for hydroxylation is 2. The summed E-state index contributed by atoms with van der Waals surface area (Å²) in [5, 5.41) is 11.6. The fraction of sp³-hybridized carbons (Fsp3) is 0.467. The van der Waals surface area contributed by atoms with Gasteiger partial charge < -0.3 is 14.6 Å². The Morgan fingerprint density at radius 3 is 3.13 bits per heavy atom. The molecular formula is C15H21N5O2S. The second-order valence-corrected chi connectivity index (χ2v) is 5.81. The Morgan fingerprint density at radius 1 is 1.43 bits per heavy atom. The van der Waals surface area contributed by atoms with E-state index >= 15 is 0 Å². The smallest absolute Gasteiger partial charge is 0.230 e. The lowest BCUT2D eigenvalue weighted by atomic mass is 10.3. The highest BCUT2D eigenvalue weighted by molar-refractivity contribution is 7.99. The quantitative estimate of drug-likeness (QED) is 0.518. The minimum absolute atomic E-state index is 0.00891. The van der Waals surface area contributed by atoms with E-state index < -0.39 is 0 Å². The van der Waals surface area contributed by atoms with Gasteiger partial charge in [0.2, 0.25) is 5.91 Å². The molecule has 2 rings (SSSR count). The number of amides is 1. The van der Waals surface area contributed by atoms with E-state index in [2.05, 4.69) is 20.5 Å². The van der Waals surface area contributed by atoms with E-state index in [9.17, 15) is 4.79 Å². The maximum Gasteiger partial charge on any atom is 0.230 e. The monoisotopic (exact) mass is 335 g/mol. The first-order valence-electron chi connectivity index (χ1n) is 7.45. The Morgan fingerprint density at radius 2 is 2.35 bits per heavy atom. The van der Waals surface area contributed by atoms with Crippen molar-refractivity contribution in [3.63, 3.8) is 0 Å². The van der Waals surface area contributed by atoms with Gasteiger partial charge in [-0.15, -0.1) is 10.2 Å². The van der Waals surface area contributed by atoms with Crippen LogP contribution in [0.25, 0.3) is 0 Å². The largest absolute Gasteiger partial charge is 0.385 e. The number of hydrogen-bond acceptors (Lipinski definition) is 6. The Balaban J connectivity index is 1.74. The standard InChI is InChI=1S/C15H21N5O2S/c1-22-10-4-8-17-14(21)11-23-15-19-18-12-20(15)9-6-13-5-2-3-7-16-13/h2-3,5,7,12H,4,6,8-11H2,1H3,(H,17,21). The van der Waals surface area contributed by atoms with Gasteiger partial charge in [-0.25, -0.2) is 0 Å². The second-order valence-electron chi connectivity index (χ2n) is 4.86. The van der Waals surface area contributed by atoms with Gasteiger partial charge in [0.15, 0.2) is 5.16 Å². The van der Waals surface area contributed by atoms with E-state index in [0.717, 1.165) is 30.2 Å². The summed E-state index contributed by atoms with van der Waals surface area (Å²) in [5.74, 6) is 0.320. The molecule has 1 amide bonds. The van der Waals surface area contributed by atoms with Gasteiger partial charge in [0.05, 0.1) is 5.75 Å². The van der Waals surface area contributed by atoms with Crippen LogP contribution in [0.3, 0.4) is 0 Å². The topological polar surface area (TPSA) is 81.9 Å². The molecule has 23 heavy (non-hydrogen) atoms. The Kier molecular flexibility index (Phi) is 7.55. The molecule has 1 N–H and O–H groups in total. The van der Waals surface area contributed by atoms with Crippen LogP contribution >= 0.6 is 11.8 Å². The van der Waals surface area contributed by atoms with Crippen molar-refractivity contribution >= 4 is 17.7 Å². The van der Waals surface area contributed by atoms with Gasteiger partial charge in [-0.1, -0.05) is 17.8 Å². The highest BCUT2D eigenvalue weighted by Gasteiger charge is 2.08. The zero-order valence-electron chi connectivity index (χ0n) is 13.1. The number of carbonyl (C=O) groups is 1. The van der Waals surface area contributed by atoms with E-state index in [1.807, 2.05) is 22.8 Å². The molecule has 0 saturated heterocycles. The first-order valence-corrected chi connectivity index (χ1v) is 8.44. The highest BCUT2D eigenvalue weighted by Crippen LogP contribution is 2.14. The lowest BCUT2D eigenvalue weighted by molar-refractivity contribution is -0.118. The molecular weight excluding hydrogens is 314 g/mol. The molecule has 0 aliphatic heterocycles. The molecule has 0 radical (unpaired) electrons. The molecule has 0 aromatic carbocycles. The number of methoxy groups -OCH3 is 1. The summed E-state index contributed by atoms with van der Waals surface area (Å²) in [6.07, 6.45) is 5.08. The maximum atomic E-state index is 11.8. The SMILES string of the molecule is COCCCNC(=O)CSc1nncn1CCc1ccccn1. The molecule has 0 aliphatic carbocycles. The molecule has 124 valence electrons. The molecule has 2 aromatic heterocycles. The van der Waals surface area contributed by atoms with E-state index in [4.69, 9.17) is 4.74 Å². The molecule has 0 unspecified atom stereocenters. The number of pyridine rings is 1. The van der Waals surface area contributed by atoms with Crippen molar-refractivity contribution in [1.29, 1.82) is 0 Å². The summed E-state index contributed by atoms with van der Waals surface area (Å²) >= 11 is 1.39. The van der Waals surface area contributed by atoms with Crippen molar-refractivity contribution in [2.45, 2.75) is 24.5 Å². The Hall–Kier alpha value is -1.93. The van der Waals surface area contributed by atoms with Crippen molar-refractivity contribution in [3.8, 4) is 0 Å². The van der Waals surface area contributed by atoms with Gasteiger partial charge in [-0.3, -0.25) is 9.78 Å². The third kappa shape index (κ3) is 6.37. The summed E-state index contributed by atoms with van der Waals surface area (Å²) in [5.41, 5.74) is 1.02. The summed E-state index contributed by atoms with van der Waals surface area (Å²) in [4.78, 5) is 16.0. The van der Waals surface area contributed by atoms with Gasteiger partial charge in [-0.05, 0) is 18.6 Å². The number of nitrogens with zero attached hydrogens (tertiary/aromatic N) is 4. The molecule has 2 aromatic rings. The first-order chi connectivity index (χ1) is 11.3. The predicted molar refractivity (Wildman–Crippen MR) is 88.2 cm³/mol. The van der Waals surface area contributed by atoms with E-state index in [0.29, 0.717) is 18.9 Å². The van der Waals surface area contributed by atoms with Crippen LogP contribution in [0.15, 0.2) is 35.9 Å². The summed E-state index contributed by atoms with van der Waals surface area (Å²) in [7, 11) is 1.65. The molecule has 2 heterocycles. The zero-order valence-corrected chi connectivity index (χ0v) is 14.0. The van der Waals surface area contributed by atoms with Gasteiger partial charge in [0.1, 0.15) is 6.33 Å². The Bertz CT molecular complexity index is 591.